The van der Waals surface area contributed by atoms with Crippen molar-refractivity contribution in [2.75, 3.05) is 0 Å². The molecule has 0 bridgehead atoms. The summed E-state index contributed by atoms with van der Waals surface area (Å²) in [5, 5.41) is 17.0. The van der Waals surface area contributed by atoms with Gasteiger partial charge in [-0.1, -0.05) is 0 Å². The van der Waals surface area contributed by atoms with Crippen LogP contribution in [0.5, 0.6) is 0 Å². The minimum absolute atomic E-state index is 0. The van der Waals surface area contributed by atoms with Crippen molar-refractivity contribution >= 4 is 4.08 Å². The van der Waals surface area contributed by atoms with Gasteiger partial charge in [0.2, 0.25) is 0 Å². The normalized spacial score (nSPS) is 8.70. The van der Waals surface area contributed by atoms with Crippen molar-refractivity contribution in [3.63, 3.8) is 0 Å². The summed E-state index contributed by atoms with van der Waals surface area (Å²) in [5.74, 6) is -0.113. The van der Waals surface area contributed by atoms with Crippen molar-refractivity contribution < 1.29 is 62.3 Å². The summed E-state index contributed by atoms with van der Waals surface area (Å²) in [7, 11) is 0. The molecule has 0 saturated heterocycles. The van der Waals surface area contributed by atoms with E-state index in [1.54, 1.807) is 0 Å². The van der Waals surface area contributed by atoms with Crippen molar-refractivity contribution in [3.05, 3.63) is 31.9 Å². The molecule has 0 aromatic carbocycles. The summed E-state index contributed by atoms with van der Waals surface area (Å²) in [6.07, 6.45) is 2.20. The van der Waals surface area contributed by atoms with Gasteiger partial charge in [0.15, 0.2) is 0 Å². The zero-order valence-electron chi connectivity index (χ0n) is 5.61. The summed E-state index contributed by atoms with van der Waals surface area (Å²) in [4.78, 5) is 0. The third-order valence-electron chi connectivity index (χ3n) is 0.442. The molecule has 0 amide bonds. The fourth-order valence-electron chi connectivity index (χ4n) is 0.175. The van der Waals surface area contributed by atoms with Crippen molar-refractivity contribution in [1.29, 1.82) is 0 Å². The van der Waals surface area contributed by atoms with E-state index in [0.29, 0.717) is 0 Å². The molecule has 0 aromatic rings. The number of allylic oxidation sites excluding steroid dienone is 1. The quantitative estimate of drug-likeness (QED) is 0.422. The summed E-state index contributed by atoms with van der Waals surface area (Å²) >= 11 is 0.897. The maximum Gasteiger partial charge on any atom is 0 e. The van der Waals surface area contributed by atoms with E-state index in [0.717, 1.165) is 25.4 Å². The summed E-state index contributed by atoms with van der Waals surface area (Å²) < 4.78 is 0.115. The van der Waals surface area contributed by atoms with Crippen LogP contribution >= 0.6 is 0 Å². The number of aliphatic hydroxyl groups is 2. The second-order valence-corrected chi connectivity index (χ2v) is 2.58. The van der Waals surface area contributed by atoms with E-state index in [1.165, 1.54) is 6.08 Å². The number of aliphatic hydroxyl groups excluding tert-OH is 2. The summed E-state index contributed by atoms with van der Waals surface area (Å²) in [6.45, 7) is 4.86. The minimum Gasteiger partial charge on any atom is -0.358 e. The van der Waals surface area contributed by atoms with E-state index in [-0.39, 0.29) is 50.0 Å². The van der Waals surface area contributed by atoms with Crippen LogP contribution in [0.3, 0.4) is 0 Å². The number of rotatable bonds is 2. The molecule has 0 aliphatic rings. The van der Waals surface area contributed by atoms with Gasteiger partial charge in [0.05, 0.1) is 0 Å². The maximum absolute atomic E-state index is 8.54. The van der Waals surface area contributed by atoms with Gasteiger partial charge < -0.3 is 7.43 Å². The SMILES string of the molecule is [CH-]=C/C(O)=C\[C](O)=[W].[CH3-].[Y]. The Bertz CT molecular complexity index is 143. The van der Waals surface area contributed by atoms with E-state index in [4.69, 9.17) is 16.8 Å². The molecule has 4 heteroatoms. The zero-order chi connectivity index (χ0) is 6.57. The van der Waals surface area contributed by atoms with Gasteiger partial charge >= 0.3 is 58.1 Å². The molecule has 2 nitrogen and oxygen atoms in total. The van der Waals surface area contributed by atoms with E-state index in [9.17, 15) is 0 Å². The Morgan fingerprint density at radius 2 is 1.80 bits per heavy atom. The first kappa shape index (κ1) is 17.1. The standard InChI is InChI=1S/C5H5O2.CH3.W.Y/c1-2-5(7)3-4-6;;;/h1-3,6-7H;1H3;;/q2*-1;;/b5-3+;;;. The molecule has 0 aliphatic carbocycles. The van der Waals surface area contributed by atoms with Crippen LogP contribution in [0.2, 0.25) is 0 Å². The minimum atomic E-state index is -0.113. The van der Waals surface area contributed by atoms with Gasteiger partial charge in [-0.3, -0.25) is 0 Å². The Kier molecular flexibility index (Phi) is 17.0. The molecular formula is C6H8O2WY-2. The maximum atomic E-state index is 8.54. The molecule has 0 fully saturated rings. The van der Waals surface area contributed by atoms with Crippen LogP contribution < -0.4 is 0 Å². The third kappa shape index (κ3) is 11.7. The molecule has 55 valence electrons. The second kappa shape index (κ2) is 9.90. The smallest absolute Gasteiger partial charge is 0 e. The van der Waals surface area contributed by atoms with Gasteiger partial charge in [0.1, 0.15) is 0 Å². The molecule has 0 aromatic heterocycles. The van der Waals surface area contributed by atoms with Crippen LogP contribution in [0, 0.1) is 14.0 Å². The third-order valence-corrected chi connectivity index (χ3v) is 0.866. The van der Waals surface area contributed by atoms with E-state index in [1.807, 2.05) is 0 Å². The molecule has 0 aliphatic heterocycles. The molecular weight excluding hydrogens is 377 g/mol. The molecule has 0 unspecified atom stereocenters. The van der Waals surface area contributed by atoms with Gasteiger partial charge in [-0.05, 0) is 0 Å². The van der Waals surface area contributed by atoms with E-state index in [2.05, 4.69) is 0 Å². The Balaban J connectivity index is -0.000000245. The average Bonchev–Trinajstić information content (AvgIpc) is 1.65. The number of hydrogen-bond donors (Lipinski definition) is 2. The number of hydrogen-bond acceptors (Lipinski definition) is 2. The molecule has 0 rings (SSSR count). The molecule has 2 N–H and O–H groups in total. The van der Waals surface area contributed by atoms with Crippen molar-refractivity contribution in [1.82, 2.24) is 0 Å². The Morgan fingerprint density at radius 3 is 1.90 bits per heavy atom. The van der Waals surface area contributed by atoms with Gasteiger partial charge in [0.25, 0.3) is 0 Å². The Morgan fingerprint density at radius 1 is 1.40 bits per heavy atom. The average molecular weight is 385 g/mol. The van der Waals surface area contributed by atoms with E-state index < -0.39 is 0 Å². The zero-order valence-corrected chi connectivity index (χ0v) is 11.4. The molecule has 0 spiro atoms. The van der Waals surface area contributed by atoms with Crippen molar-refractivity contribution in [3.8, 4) is 0 Å². The van der Waals surface area contributed by atoms with Crippen molar-refractivity contribution in [2.45, 2.75) is 0 Å². The summed E-state index contributed by atoms with van der Waals surface area (Å²) in [6, 6.07) is 0. The van der Waals surface area contributed by atoms with Gasteiger partial charge in [-0.2, -0.15) is 0 Å². The monoisotopic (exact) mass is 385 g/mol. The Labute approximate surface area is 97.3 Å². The van der Waals surface area contributed by atoms with Crippen molar-refractivity contribution in [2.24, 2.45) is 0 Å². The fraction of sp³-hybridized carbons (Fsp3) is 0. The molecule has 0 saturated carbocycles. The molecule has 0 atom stereocenters. The fourth-order valence-corrected chi connectivity index (χ4v) is 0.608. The topological polar surface area (TPSA) is 40.5 Å². The predicted octanol–water partition coefficient (Wildman–Crippen LogP) is 0.914. The molecule has 10 heavy (non-hydrogen) atoms. The molecule has 1 radical (unpaired) electrons. The van der Waals surface area contributed by atoms with Gasteiger partial charge in [-0.25, -0.2) is 0 Å². The van der Waals surface area contributed by atoms with Crippen LogP contribution in [-0.2, 0) is 52.1 Å². The first-order valence-electron chi connectivity index (χ1n) is 1.85. The van der Waals surface area contributed by atoms with Gasteiger partial charge in [0, 0.05) is 32.7 Å². The molecule has 0 heterocycles. The van der Waals surface area contributed by atoms with Crippen LogP contribution in [0.25, 0.3) is 0 Å². The van der Waals surface area contributed by atoms with E-state index >= 15 is 0 Å². The van der Waals surface area contributed by atoms with Crippen LogP contribution in [-0.4, -0.2) is 14.3 Å². The van der Waals surface area contributed by atoms with Gasteiger partial charge in [-0.15, -0.1) is 0 Å². The second-order valence-electron chi connectivity index (χ2n) is 1.07. The first-order valence-corrected chi connectivity index (χ1v) is 3.32. The Hall–Kier alpha value is 0.902. The predicted molar refractivity (Wildman–Crippen MR) is 32.9 cm³/mol. The first-order chi connectivity index (χ1) is 3.66. The van der Waals surface area contributed by atoms with Crippen LogP contribution in [0.4, 0.5) is 0 Å². The largest absolute Gasteiger partial charge is 0.358 e. The van der Waals surface area contributed by atoms with Crippen LogP contribution in [0.15, 0.2) is 17.9 Å². The van der Waals surface area contributed by atoms with Crippen LogP contribution in [0.1, 0.15) is 0 Å². The summed E-state index contributed by atoms with van der Waals surface area (Å²) in [5.41, 5.74) is 0.